The predicted octanol–water partition coefficient (Wildman–Crippen LogP) is 4.43. The first-order valence-corrected chi connectivity index (χ1v) is 8.22. The van der Waals surface area contributed by atoms with E-state index in [0.717, 1.165) is 35.1 Å². The van der Waals surface area contributed by atoms with Crippen LogP contribution in [0.2, 0.25) is 0 Å². The Morgan fingerprint density at radius 1 is 1.33 bits per heavy atom. The van der Waals surface area contributed by atoms with E-state index in [4.69, 9.17) is 4.74 Å². The van der Waals surface area contributed by atoms with Gasteiger partial charge < -0.3 is 4.74 Å². The van der Waals surface area contributed by atoms with Gasteiger partial charge in [-0.2, -0.15) is 5.26 Å². The molecule has 1 heterocycles. The van der Waals surface area contributed by atoms with Crippen LogP contribution in [0.1, 0.15) is 17.5 Å². The Labute approximate surface area is 133 Å². The van der Waals surface area contributed by atoms with Gasteiger partial charge in [0, 0.05) is 17.3 Å². The van der Waals surface area contributed by atoms with Crippen molar-refractivity contribution in [2.75, 3.05) is 5.33 Å². The molecule has 106 valence electrons. The highest BCUT2D eigenvalue weighted by Crippen LogP contribution is 2.35. The number of halogens is 1. The van der Waals surface area contributed by atoms with Crippen LogP contribution in [0.5, 0.6) is 0 Å². The minimum Gasteiger partial charge on any atom is -0.489 e. The van der Waals surface area contributed by atoms with Gasteiger partial charge in [0.1, 0.15) is 12.4 Å². The van der Waals surface area contributed by atoms with Gasteiger partial charge in [0.2, 0.25) is 0 Å². The lowest BCUT2D eigenvalue weighted by molar-refractivity contribution is 0.209. The lowest BCUT2D eigenvalue weighted by Crippen LogP contribution is -2.10. The van der Waals surface area contributed by atoms with Gasteiger partial charge >= 0.3 is 0 Å². The second kappa shape index (κ2) is 6.32. The van der Waals surface area contributed by atoms with E-state index < -0.39 is 0 Å². The summed E-state index contributed by atoms with van der Waals surface area (Å²) in [5.41, 5.74) is 4.79. The number of alkyl halides is 1. The number of nitrogens with zero attached hydrogens (tertiary/aromatic N) is 1. The van der Waals surface area contributed by atoms with Crippen LogP contribution in [0, 0.1) is 17.2 Å². The lowest BCUT2D eigenvalue weighted by Gasteiger charge is -2.21. The Kier molecular flexibility index (Phi) is 4.26. The number of nitriles is 1. The maximum atomic E-state index is 9.40. The Balaban J connectivity index is 2.03. The summed E-state index contributed by atoms with van der Waals surface area (Å²) in [7, 11) is 0. The van der Waals surface area contributed by atoms with E-state index >= 15 is 0 Å². The molecule has 1 unspecified atom stereocenters. The van der Waals surface area contributed by atoms with Crippen molar-refractivity contribution >= 4 is 15.9 Å². The first-order chi connectivity index (χ1) is 10.3. The van der Waals surface area contributed by atoms with Crippen molar-refractivity contribution < 1.29 is 4.74 Å². The standard InChI is InChI=1S/C18H16BrNO/c19-9-3-6-16-14(11-20)7-8-18-17(16)10-13-4-1-2-5-15(13)12-21-18/h1-2,4-8,14H,3,9-10,12H2. The second-order valence-corrected chi connectivity index (χ2v) is 5.97. The molecule has 0 amide bonds. The van der Waals surface area contributed by atoms with Gasteiger partial charge in [-0.05, 0) is 29.2 Å². The number of fused-ring (bicyclic) bond motifs is 1. The van der Waals surface area contributed by atoms with Crippen molar-refractivity contribution in [3.8, 4) is 6.07 Å². The smallest absolute Gasteiger partial charge is 0.123 e. The highest BCUT2D eigenvalue weighted by Gasteiger charge is 2.25. The highest BCUT2D eigenvalue weighted by molar-refractivity contribution is 9.09. The van der Waals surface area contributed by atoms with Crippen LogP contribution in [0.4, 0.5) is 0 Å². The maximum absolute atomic E-state index is 9.40. The van der Waals surface area contributed by atoms with Gasteiger partial charge in [-0.15, -0.1) is 0 Å². The van der Waals surface area contributed by atoms with E-state index in [-0.39, 0.29) is 5.92 Å². The van der Waals surface area contributed by atoms with Gasteiger partial charge in [-0.3, -0.25) is 0 Å². The van der Waals surface area contributed by atoms with E-state index in [1.54, 1.807) is 0 Å². The minimum atomic E-state index is -0.170. The molecule has 0 saturated heterocycles. The van der Waals surface area contributed by atoms with Gasteiger partial charge in [-0.1, -0.05) is 52.3 Å². The van der Waals surface area contributed by atoms with Gasteiger partial charge in [0.05, 0.1) is 12.0 Å². The summed E-state index contributed by atoms with van der Waals surface area (Å²) in [5.74, 6) is 0.746. The summed E-state index contributed by atoms with van der Waals surface area (Å²) in [6.45, 7) is 0.599. The first kappa shape index (κ1) is 14.2. The Morgan fingerprint density at radius 2 is 2.14 bits per heavy atom. The molecule has 0 fully saturated rings. The molecule has 0 bridgehead atoms. The van der Waals surface area contributed by atoms with E-state index in [0.29, 0.717) is 6.61 Å². The van der Waals surface area contributed by atoms with Crippen LogP contribution in [0.25, 0.3) is 0 Å². The molecule has 1 aliphatic heterocycles. The van der Waals surface area contributed by atoms with Gasteiger partial charge in [-0.25, -0.2) is 0 Å². The third-order valence-corrected chi connectivity index (χ3v) is 4.36. The number of benzene rings is 1. The Hall–Kier alpha value is -1.79. The van der Waals surface area contributed by atoms with Crippen molar-refractivity contribution in [1.29, 1.82) is 5.26 Å². The fraction of sp³-hybridized carbons (Fsp3) is 0.278. The lowest BCUT2D eigenvalue weighted by atomic mass is 9.84. The average Bonchev–Trinajstić information content (AvgIpc) is 2.71. The molecule has 1 aromatic rings. The molecule has 3 heteroatoms. The monoisotopic (exact) mass is 341 g/mol. The summed E-state index contributed by atoms with van der Waals surface area (Å²) in [6, 6.07) is 10.7. The molecule has 0 saturated carbocycles. The highest BCUT2D eigenvalue weighted by atomic mass is 79.9. The van der Waals surface area contributed by atoms with Gasteiger partial charge in [0.25, 0.3) is 0 Å². The van der Waals surface area contributed by atoms with Gasteiger partial charge in [0.15, 0.2) is 0 Å². The van der Waals surface area contributed by atoms with Crippen molar-refractivity contribution in [1.82, 2.24) is 0 Å². The Morgan fingerprint density at radius 3 is 2.90 bits per heavy atom. The molecule has 2 nitrogen and oxygen atoms in total. The van der Waals surface area contributed by atoms with Crippen LogP contribution in [-0.4, -0.2) is 5.33 Å². The van der Waals surface area contributed by atoms with E-state index in [1.165, 1.54) is 11.1 Å². The normalized spacial score (nSPS) is 22.1. The summed E-state index contributed by atoms with van der Waals surface area (Å²) >= 11 is 3.45. The molecule has 0 N–H and O–H groups in total. The number of allylic oxidation sites excluding steroid dienone is 5. The molecule has 1 aromatic carbocycles. The zero-order valence-corrected chi connectivity index (χ0v) is 13.3. The molecular weight excluding hydrogens is 326 g/mol. The first-order valence-electron chi connectivity index (χ1n) is 7.10. The van der Waals surface area contributed by atoms with E-state index in [1.807, 2.05) is 18.2 Å². The van der Waals surface area contributed by atoms with Crippen LogP contribution in [0.3, 0.4) is 0 Å². The molecule has 3 rings (SSSR count). The van der Waals surface area contributed by atoms with Crippen molar-refractivity contribution in [3.05, 3.63) is 70.5 Å². The summed E-state index contributed by atoms with van der Waals surface area (Å²) in [5, 5.41) is 10.3. The van der Waals surface area contributed by atoms with Crippen molar-refractivity contribution in [2.45, 2.75) is 19.4 Å². The average molecular weight is 342 g/mol. The largest absolute Gasteiger partial charge is 0.489 e. The molecule has 0 radical (unpaired) electrons. The van der Waals surface area contributed by atoms with E-state index in [2.05, 4.69) is 46.3 Å². The van der Waals surface area contributed by atoms with Crippen LogP contribution in [-0.2, 0) is 17.8 Å². The number of hydrogen-bond acceptors (Lipinski definition) is 2. The predicted molar refractivity (Wildman–Crippen MR) is 86.7 cm³/mol. The molecule has 21 heavy (non-hydrogen) atoms. The number of rotatable bonds is 2. The van der Waals surface area contributed by atoms with Crippen LogP contribution >= 0.6 is 15.9 Å². The third-order valence-electron chi connectivity index (χ3n) is 3.90. The molecule has 1 aliphatic carbocycles. The minimum absolute atomic E-state index is 0.170. The molecule has 0 aromatic heterocycles. The fourth-order valence-electron chi connectivity index (χ4n) is 2.83. The zero-order chi connectivity index (χ0) is 14.7. The van der Waals surface area contributed by atoms with Crippen LogP contribution < -0.4 is 0 Å². The summed E-state index contributed by atoms with van der Waals surface area (Å²) in [4.78, 5) is 0. The molecule has 2 aliphatic rings. The molecule has 1 atom stereocenters. The van der Waals surface area contributed by atoms with Crippen LogP contribution in [0.15, 0.2) is 59.4 Å². The molecular formula is C18H16BrNO. The van der Waals surface area contributed by atoms with Crippen molar-refractivity contribution in [2.24, 2.45) is 5.92 Å². The fourth-order valence-corrected chi connectivity index (χ4v) is 3.06. The number of ether oxygens (including phenoxy) is 1. The van der Waals surface area contributed by atoms with Crippen molar-refractivity contribution in [3.63, 3.8) is 0 Å². The SMILES string of the molecule is N#CC1C=CC2=C(Cc3ccccc3CO2)C1=CCCBr. The topological polar surface area (TPSA) is 33.0 Å². The van der Waals surface area contributed by atoms with E-state index in [9.17, 15) is 5.26 Å². The zero-order valence-electron chi connectivity index (χ0n) is 11.7. The number of hydrogen-bond donors (Lipinski definition) is 0. The second-order valence-electron chi connectivity index (χ2n) is 5.18. The Bertz CT molecular complexity index is 679. The quantitative estimate of drug-likeness (QED) is 0.745. The third kappa shape index (κ3) is 2.82. The maximum Gasteiger partial charge on any atom is 0.123 e. The molecule has 0 spiro atoms. The summed E-state index contributed by atoms with van der Waals surface area (Å²) in [6.07, 6.45) is 7.82. The summed E-state index contributed by atoms with van der Waals surface area (Å²) < 4.78 is 5.97.